The zero-order valence-corrected chi connectivity index (χ0v) is 18.0. The summed E-state index contributed by atoms with van der Waals surface area (Å²) in [6.07, 6.45) is 7.19. The molecule has 0 spiro atoms. The lowest BCUT2D eigenvalue weighted by Gasteiger charge is -2.16. The standard InChI is InChI=1S/C24H22N4O5/c1-32-23(30)7-6-22-20-11-17-10-15(3-5-19(17)28(20)24(31)33-22)16-2-4-18(26-12-16)21(29)13-27-9-8-25-14-27/h2-5,8-10,12,14,20,22H,6-7,11,13H2,1H3/t20-,22-/m0/s1. The first-order valence-electron chi connectivity index (χ1n) is 10.7. The first kappa shape index (κ1) is 20.9. The zero-order chi connectivity index (χ0) is 22.9. The van der Waals surface area contributed by atoms with Gasteiger partial charge in [-0.3, -0.25) is 19.5 Å². The van der Waals surface area contributed by atoms with Crippen LogP contribution in [0, 0.1) is 0 Å². The van der Waals surface area contributed by atoms with E-state index in [9.17, 15) is 14.4 Å². The van der Waals surface area contributed by atoms with Gasteiger partial charge >= 0.3 is 12.1 Å². The largest absolute Gasteiger partial charge is 0.469 e. The molecule has 5 rings (SSSR count). The Morgan fingerprint density at radius 3 is 2.79 bits per heavy atom. The number of esters is 1. The number of amides is 1. The lowest BCUT2D eigenvalue weighted by Crippen LogP contribution is -2.33. The molecule has 1 saturated heterocycles. The third-order valence-electron chi connectivity index (χ3n) is 6.11. The fourth-order valence-electron chi connectivity index (χ4n) is 4.43. The van der Waals surface area contributed by atoms with E-state index >= 15 is 0 Å². The van der Waals surface area contributed by atoms with Gasteiger partial charge in [-0.05, 0) is 42.2 Å². The fourth-order valence-corrected chi connectivity index (χ4v) is 4.43. The van der Waals surface area contributed by atoms with Crippen molar-refractivity contribution in [1.82, 2.24) is 14.5 Å². The Morgan fingerprint density at radius 1 is 1.21 bits per heavy atom. The van der Waals surface area contributed by atoms with Gasteiger partial charge in [0.25, 0.3) is 0 Å². The summed E-state index contributed by atoms with van der Waals surface area (Å²) in [4.78, 5) is 46.3. The minimum Gasteiger partial charge on any atom is -0.469 e. The minimum atomic E-state index is -0.385. The number of anilines is 1. The van der Waals surface area contributed by atoms with Gasteiger partial charge in [-0.1, -0.05) is 12.1 Å². The van der Waals surface area contributed by atoms with Crippen molar-refractivity contribution in [3.63, 3.8) is 0 Å². The Kier molecular flexibility index (Phi) is 5.37. The number of aromatic nitrogens is 3. The highest BCUT2D eigenvalue weighted by atomic mass is 16.6. The molecule has 4 heterocycles. The van der Waals surface area contributed by atoms with Gasteiger partial charge in [0.1, 0.15) is 11.8 Å². The van der Waals surface area contributed by atoms with Crippen molar-refractivity contribution in [1.29, 1.82) is 0 Å². The maximum absolute atomic E-state index is 12.5. The summed E-state index contributed by atoms with van der Waals surface area (Å²) >= 11 is 0. The number of methoxy groups -OCH3 is 1. The van der Waals surface area contributed by atoms with Crippen molar-refractivity contribution >= 4 is 23.5 Å². The number of pyridine rings is 1. The Labute approximate surface area is 190 Å². The van der Waals surface area contributed by atoms with E-state index in [-0.39, 0.29) is 43.0 Å². The lowest BCUT2D eigenvalue weighted by atomic mass is 9.99. The summed E-state index contributed by atoms with van der Waals surface area (Å²) in [7, 11) is 1.35. The van der Waals surface area contributed by atoms with E-state index in [1.807, 2.05) is 24.3 Å². The van der Waals surface area contributed by atoms with Gasteiger partial charge in [-0.2, -0.15) is 0 Å². The van der Waals surface area contributed by atoms with Crippen molar-refractivity contribution in [3.8, 4) is 11.1 Å². The summed E-state index contributed by atoms with van der Waals surface area (Å²) in [5, 5.41) is 0. The molecule has 3 aromatic rings. The monoisotopic (exact) mass is 446 g/mol. The molecule has 2 aromatic heterocycles. The molecule has 33 heavy (non-hydrogen) atoms. The molecular weight excluding hydrogens is 424 g/mol. The van der Waals surface area contributed by atoms with Crippen LogP contribution in [0.4, 0.5) is 10.5 Å². The van der Waals surface area contributed by atoms with Crippen LogP contribution in [0.5, 0.6) is 0 Å². The van der Waals surface area contributed by atoms with Gasteiger partial charge in [0.05, 0.1) is 31.7 Å². The predicted octanol–water partition coefficient (Wildman–Crippen LogP) is 3.03. The Hall–Kier alpha value is -4.01. The van der Waals surface area contributed by atoms with E-state index in [2.05, 4.69) is 9.97 Å². The molecule has 2 aliphatic rings. The van der Waals surface area contributed by atoms with E-state index in [0.29, 0.717) is 18.5 Å². The highest BCUT2D eigenvalue weighted by Gasteiger charge is 2.47. The van der Waals surface area contributed by atoms with Crippen molar-refractivity contribution in [2.75, 3.05) is 12.0 Å². The van der Waals surface area contributed by atoms with Crippen LogP contribution >= 0.6 is 0 Å². The number of rotatable bonds is 7. The predicted molar refractivity (Wildman–Crippen MR) is 118 cm³/mol. The number of carbonyl (C=O) groups excluding carboxylic acids is 3. The summed E-state index contributed by atoms with van der Waals surface area (Å²) < 4.78 is 11.9. The number of ketones is 1. The minimum absolute atomic E-state index is 0.0920. The molecule has 168 valence electrons. The number of cyclic esters (lactones) is 1. The van der Waals surface area contributed by atoms with E-state index in [1.165, 1.54) is 7.11 Å². The Bertz CT molecular complexity index is 1210. The molecule has 0 saturated carbocycles. The number of hydrogen-bond donors (Lipinski definition) is 0. The van der Waals surface area contributed by atoms with Crippen molar-refractivity contribution in [2.45, 2.75) is 38.0 Å². The van der Waals surface area contributed by atoms with E-state index < -0.39 is 0 Å². The van der Waals surface area contributed by atoms with Crippen molar-refractivity contribution < 1.29 is 23.9 Å². The number of ether oxygens (including phenoxy) is 2. The van der Waals surface area contributed by atoms with Crippen molar-refractivity contribution in [3.05, 3.63) is 66.5 Å². The normalized spacial score (nSPS) is 18.6. The van der Waals surface area contributed by atoms with Crippen molar-refractivity contribution in [2.24, 2.45) is 0 Å². The van der Waals surface area contributed by atoms with Gasteiger partial charge in [0.2, 0.25) is 5.78 Å². The van der Waals surface area contributed by atoms with Crippen LogP contribution in [0.15, 0.2) is 55.2 Å². The maximum atomic E-state index is 12.5. The molecule has 0 unspecified atom stereocenters. The van der Waals surface area contributed by atoms with Gasteiger partial charge in [-0.15, -0.1) is 0 Å². The fraction of sp³-hybridized carbons (Fsp3) is 0.292. The second kappa shape index (κ2) is 8.50. The molecule has 2 aliphatic heterocycles. The smallest absolute Gasteiger partial charge is 0.415 e. The summed E-state index contributed by atoms with van der Waals surface area (Å²) in [5.41, 5.74) is 4.10. The molecule has 1 aromatic carbocycles. The molecular formula is C24H22N4O5. The Morgan fingerprint density at radius 2 is 2.06 bits per heavy atom. The van der Waals surface area contributed by atoms with Crippen LogP contribution in [0.3, 0.4) is 0 Å². The molecule has 1 amide bonds. The van der Waals surface area contributed by atoms with Gasteiger partial charge < -0.3 is 14.0 Å². The quantitative estimate of drug-likeness (QED) is 0.406. The van der Waals surface area contributed by atoms with E-state index in [4.69, 9.17) is 9.47 Å². The average Bonchev–Trinajstić information content (AvgIpc) is 3.54. The number of fused-ring (bicyclic) bond motifs is 3. The van der Waals surface area contributed by atoms with Crippen LogP contribution in [0.2, 0.25) is 0 Å². The first-order valence-corrected chi connectivity index (χ1v) is 10.7. The third-order valence-corrected chi connectivity index (χ3v) is 6.11. The molecule has 0 N–H and O–H groups in total. The summed E-state index contributed by atoms with van der Waals surface area (Å²) in [6, 6.07) is 9.35. The number of hydrogen-bond acceptors (Lipinski definition) is 7. The number of imidazole rings is 1. The summed E-state index contributed by atoms with van der Waals surface area (Å²) in [6.45, 7) is 0.190. The van der Waals surface area contributed by atoms with Crippen LogP contribution < -0.4 is 4.90 Å². The van der Waals surface area contributed by atoms with Crippen LogP contribution in [-0.4, -0.2) is 51.6 Å². The van der Waals surface area contributed by atoms with E-state index in [1.54, 1.807) is 40.5 Å². The molecule has 2 atom stereocenters. The van der Waals surface area contributed by atoms with Crippen LogP contribution in [0.25, 0.3) is 11.1 Å². The Balaban J connectivity index is 1.31. The zero-order valence-electron chi connectivity index (χ0n) is 18.0. The number of Topliss-reactive ketones (excluding diaryl/α,β-unsaturated/α-hetero) is 1. The molecule has 0 aliphatic carbocycles. The van der Waals surface area contributed by atoms with Gasteiger partial charge in [0, 0.05) is 30.6 Å². The molecule has 0 radical (unpaired) electrons. The SMILES string of the molecule is COC(=O)CC[C@@H]1OC(=O)N2c3ccc(-c4ccc(C(=O)Cn5ccnc5)nc4)cc3C[C@@H]12. The van der Waals surface area contributed by atoms with Crippen LogP contribution in [-0.2, 0) is 27.2 Å². The summed E-state index contributed by atoms with van der Waals surface area (Å²) in [5.74, 6) is -0.410. The second-order valence-electron chi connectivity index (χ2n) is 8.11. The number of benzene rings is 1. The molecule has 0 bridgehead atoms. The van der Waals surface area contributed by atoms with E-state index in [0.717, 1.165) is 22.4 Å². The lowest BCUT2D eigenvalue weighted by molar-refractivity contribution is -0.141. The van der Waals surface area contributed by atoms with Gasteiger partial charge in [0.15, 0.2) is 0 Å². The highest BCUT2D eigenvalue weighted by molar-refractivity contribution is 5.95. The maximum Gasteiger partial charge on any atom is 0.415 e. The van der Waals surface area contributed by atoms with Crippen LogP contribution in [0.1, 0.15) is 28.9 Å². The highest BCUT2D eigenvalue weighted by Crippen LogP contribution is 2.41. The van der Waals surface area contributed by atoms with Gasteiger partial charge in [-0.25, -0.2) is 9.78 Å². The number of carbonyl (C=O) groups is 3. The molecule has 9 heteroatoms. The third kappa shape index (κ3) is 3.97. The topological polar surface area (TPSA) is 104 Å². The second-order valence-corrected chi connectivity index (χ2v) is 8.11. The molecule has 1 fully saturated rings. The molecule has 9 nitrogen and oxygen atoms in total. The average molecular weight is 446 g/mol. The number of nitrogens with zero attached hydrogens (tertiary/aromatic N) is 4. The first-order chi connectivity index (χ1) is 16.0.